The van der Waals surface area contributed by atoms with Gasteiger partial charge in [0.2, 0.25) is 0 Å². The van der Waals surface area contributed by atoms with Gasteiger partial charge in [0, 0.05) is 12.5 Å². The predicted octanol–water partition coefficient (Wildman–Crippen LogP) is 2.03. The SMILES string of the molecule is CCOC(=O)C(N)Cc1ccc(OC(F)(F)F)cc1OC. The van der Waals surface area contributed by atoms with Crippen molar-refractivity contribution in [2.45, 2.75) is 25.7 Å². The van der Waals surface area contributed by atoms with E-state index in [9.17, 15) is 18.0 Å². The third kappa shape index (κ3) is 5.50. The number of nitrogens with two attached hydrogens (primary N) is 1. The molecule has 1 rings (SSSR count). The number of hydrogen-bond donors (Lipinski definition) is 1. The fourth-order valence-electron chi connectivity index (χ4n) is 1.66. The molecular formula is C13H16F3NO4. The highest BCUT2D eigenvalue weighted by molar-refractivity contribution is 5.76. The van der Waals surface area contributed by atoms with Gasteiger partial charge in [-0.2, -0.15) is 0 Å². The molecule has 0 aromatic heterocycles. The minimum atomic E-state index is -4.78. The maximum absolute atomic E-state index is 12.1. The smallest absolute Gasteiger partial charge is 0.496 e. The van der Waals surface area contributed by atoms with E-state index in [4.69, 9.17) is 15.2 Å². The van der Waals surface area contributed by atoms with Crippen LogP contribution in [-0.4, -0.2) is 32.1 Å². The number of carbonyl (C=O) groups excluding carboxylic acids is 1. The fraction of sp³-hybridized carbons (Fsp3) is 0.462. The van der Waals surface area contributed by atoms with Crippen LogP contribution in [0.5, 0.6) is 11.5 Å². The Morgan fingerprint density at radius 1 is 1.38 bits per heavy atom. The molecule has 8 heteroatoms. The maximum atomic E-state index is 12.1. The van der Waals surface area contributed by atoms with E-state index in [0.717, 1.165) is 12.1 Å². The van der Waals surface area contributed by atoms with Gasteiger partial charge in [-0.15, -0.1) is 13.2 Å². The van der Waals surface area contributed by atoms with Gasteiger partial charge >= 0.3 is 12.3 Å². The lowest BCUT2D eigenvalue weighted by atomic mass is 10.1. The van der Waals surface area contributed by atoms with Crippen molar-refractivity contribution in [1.29, 1.82) is 0 Å². The second kappa shape index (κ2) is 7.16. The zero-order valence-corrected chi connectivity index (χ0v) is 11.6. The van der Waals surface area contributed by atoms with Gasteiger partial charge in [0.1, 0.15) is 17.5 Å². The third-order valence-electron chi connectivity index (χ3n) is 2.52. The fourth-order valence-corrected chi connectivity index (χ4v) is 1.66. The number of benzene rings is 1. The number of rotatable bonds is 6. The van der Waals surface area contributed by atoms with Crippen LogP contribution in [0, 0.1) is 0 Å². The van der Waals surface area contributed by atoms with Crippen LogP contribution in [0.15, 0.2) is 18.2 Å². The van der Waals surface area contributed by atoms with E-state index < -0.39 is 24.1 Å². The molecule has 0 aliphatic heterocycles. The molecule has 1 atom stereocenters. The molecule has 1 aromatic rings. The van der Waals surface area contributed by atoms with Crippen molar-refractivity contribution >= 4 is 5.97 Å². The zero-order chi connectivity index (χ0) is 16.0. The van der Waals surface area contributed by atoms with Crippen molar-refractivity contribution < 1.29 is 32.2 Å². The Labute approximate surface area is 119 Å². The highest BCUT2D eigenvalue weighted by Gasteiger charge is 2.31. The number of ether oxygens (including phenoxy) is 3. The molecule has 0 aliphatic rings. The minimum absolute atomic E-state index is 0.0777. The standard InChI is InChI=1S/C13H16F3NO4/c1-3-20-12(18)10(17)6-8-4-5-9(7-11(8)19-2)21-13(14,15)16/h4-5,7,10H,3,6,17H2,1-2H3. The maximum Gasteiger partial charge on any atom is 0.573 e. The topological polar surface area (TPSA) is 70.8 Å². The molecule has 0 fully saturated rings. The molecule has 0 spiro atoms. The molecule has 118 valence electrons. The summed E-state index contributed by atoms with van der Waals surface area (Å²) < 4.78 is 49.9. The molecule has 0 aliphatic carbocycles. The summed E-state index contributed by atoms with van der Waals surface area (Å²) in [6, 6.07) is 2.65. The van der Waals surface area contributed by atoms with Crippen molar-refractivity contribution in [3.05, 3.63) is 23.8 Å². The summed E-state index contributed by atoms with van der Waals surface area (Å²) in [7, 11) is 1.30. The van der Waals surface area contributed by atoms with Crippen LogP contribution in [0.2, 0.25) is 0 Å². The van der Waals surface area contributed by atoms with Crippen LogP contribution in [-0.2, 0) is 16.0 Å². The molecule has 0 heterocycles. The average molecular weight is 307 g/mol. The van der Waals surface area contributed by atoms with Crippen LogP contribution in [0.1, 0.15) is 12.5 Å². The zero-order valence-electron chi connectivity index (χ0n) is 11.6. The molecule has 1 aromatic carbocycles. The van der Waals surface area contributed by atoms with Gasteiger partial charge in [-0.3, -0.25) is 4.79 Å². The molecule has 0 saturated carbocycles. The Balaban J connectivity index is 2.86. The summed E-state index contributed by atoms with van der Waals surface area (Å²) >= 11 is 0. The molecular weight excluding hydrogens is 291 g/mol. The van der Waals surface area contributed by atoms with Crippen molar-refractivity contribution in [1.82, 2.24) is 0 Å². The Hall–Kier alpha value is -1.96. The van der Waals surface area contributed by atoms with Crippen LogP contribution >= 0.6 is 0 Å². The molecule has 21 heavy (non-hydrogen) atoms. The lowest BCUT2D eigenvalue weighted by molar-refractivity contribution is -0.274. The van der Waals surface area contributed by atoms with E-state index >= 15 is 0 Å². The second-order valence-corrected chi connectivity index (χ2v) is 4.08. The lowest BCUT2D eigenvalue weighted by Gasteiger charge is -2.15. The van der Waals surface area contributed by atoms with Crippen molar-refractivity contribution in [3.63, 3.8) is 0 Å². The van der Waals surface area contributed by atoms with Crippen LogP contribution in [0.4, 0.5) is 13.2 Å². The van der Waals surface area contributed by atoms with Crippen LogP contribution in [0.25, 0.3) is 0 Å². The second-order valence-electron chi connectivity index (χ2n) is 4.08. The Kier molecular flexibility index (Phi) is 5.83. The highest BCUT2D eigenvalue weighted by Crippen LogP contribution is 2.29. The third-order valence-corrected chi connectivity index (χ3v) is 2.52. The first-order valence-corrected chi connectivity index (χ1v) is 6.11. The summed E-state index contributed by atoms with van der Waals surface area (Å²) in [5.74, 6) is -0.848. The van der Waals surface area contributed by atoms with Gasteiger partial charge in [0.15, 0.2) is 0 Å². The summed E-state index contributed by atoms with van der Waals surface area (Å²) in [6.07, 6.45) is -4.71. The Bertz CT molecular complexity index is 491. The van der Waals surface area contributed by atoms with Gasteiger partial charge in [-0.05, 0) is 18.6 Å². The van der Waals surface area contributed by atoms with E-state index in [1.165, 1.54) is 13.2 Å². The van der Waals surface area contributed by atoms with Gasteiger partial charge in [-0.1, -0.05) is 6.07 Å². The largest absolute Gasteiger partial charge is 0.573 e. The predicted molar refractivity (Wildman–Crippen MR) is 68.0 cm³/mol. The Morgan fingerprint density at radius 3 is 2.57 bits per heavy atom. The monoisotopic (exact) mass is 307 g/mol. The number of alkyl halides is 3. The first-order valence-electron chi connectivity index (χ1n) is 6.11. The summed E-state index contributed by atoms with van der Waals surface area (Å²) in [4.78, 5) is 11.4. The van der Waals surface area contributed by atoms with Crippen molar-refractivity contribution in [3.8, 4) is 11.5 Å². The number of carbonyl (C=O) groups is 1. The number of methoxy groups -OCH3 is 1. The molecule has 2 N–H and O–H groups in total. The molecule has 0 radical (unpaired) electrons. The van der Waals surface area contributed by atoms with Gasteiger partial charge in [-0.25, -0.2) is 0 Å². The van der Waals surface area contributed by atoms with Gasteiger partial charge in [0.25, 0.3) is 0 Å². The first kappa shape index (κ1) is 17.1. The first-order chi connectivity index (χ1) is 9.76. The van der Waals surface area contributed by atoms with Crippen molar-refractivity contribution in [2.24, 2.45) is 5.73 Å². The van der Waals surface area contributed by atoms with Crippen LogP contribution in [0.3, 0.4) is 0 Å². The summed E-state index contributed by atoms with van der Waals surface area (Å²) in [6.45, 7) is 1.84. The van der Waals surface area contributed by atoms with E-state index in [2.05, 4.69) is 4.74 Å². The van der Waals surface area contributed by atoms with Crippen LogP contribution < -0.4 is 15.2 Å². The van der Waals surface area contributed by atoms with E-state index in [1.54, 1.807) is 6.92 Å². The van der Waals surface area contributed by atoms with Gasteiger partial charge in [0.05, 0.1) is 13.7 Å². The summed E-state index contributed by atoms with van der Waals surface area (Å²) in [5.41, 5.74) is 6.14. The molecule has 0 saturated heterocycles. The quantitative estimate of drug-likeness (QED) is 0.814. The summed E-state index contributed by atoms with van der Waals surface area (Å²) in [5, 5.41) is 0. The normalized spacial score (nSPS) is 12.7. The minimum Gasteiger partial charge on any atom is -0.496 e. The van der Waals surface area contributed by atoms with E-state index in [0.29, 0.717) is 5.56 Å². The van der Waals surface area contributed by atoms with E-state index in [1.807, 2.05) is 0 Å². The number of esters is 1. The molecule has 1 unspecified atom stereocenters. The van der Waals surface area contributed by atoms with Gasteiger partial charge < -0.3 is 19.9 Å². The highest BCUT2D eigenvalue weighted by atomic mass is 19.4. The molecule has 0 amide bonds. The van der Waals surface area contributed by atoms with E-state index in [-0.39, 0.29) is 18.8 Å². The molecule has 0 bridgehead atoms. The number of hydrogen-bond acceptors (Lipinski definition) is 5. The van der Waals surface area contributed by atoms with Crippen molar-refractivity contribution in [2.75, 3.05) is 13.7 Å². The molecule has 5 nitrogen and oxygen atoms in total. The average Bonchev–Trinajstić information content (AvgIpc) is 2.38. The Morgan fingerprint density at radius 2 is 2.05 bits per heavy atom. The number of halogens is 3. The lowest BCUT2D eigenvalue weighted by Crippen LogP contribution is -2.34.